The molecule has 0 aromatic rings. The minimum Gasteiger partial charge on any atom is -0.480 e. The van der Waals surface area contributed by atoms with Gasteiger partial charge in [-0.15, -0.1) is 0 Å². The van der Waals surface area contributed by atoms with Crippen molar-refractivity contribution in [2.24, 2.45) is 5.92 Å². The van der Waals surface area contributed by atoms with E-state index in [-0.39, 0.29) is 18.2 Å². The van der Waals surface area contributed by atoms with Gasteiger partial charge in [0.15, 0.2) is 0 Å². The molecule has 0 aromatic carbocycles. The number of nitrogens with zero attached hydrogens (tertiary/aromatic N) is 1. The van der Waals surface area contributed by atoms with E-state index >= 15 is 0 Å². The van der Waals surface area contributed by atoms with Crippen molar-refractivity contribution in [3.63, 3.8) is 0 Å². The molecule has 16 heavy (non-hydrogen) atoms. The van der Waals surface area contributed by atoms with Crippen LogP contribution in [-0.2, 0) is 9.53 Å². The van der Waals surface area contributed by atoms with Crippen molar-refractivity contribution in [1.82, 2.24) is 4.90 Å². The van der Waals surface area contributed by atoms with Gasteiger partial charge in [0, 0.05) is 12.1 Å². The van der Waals surface area contributed by atoms with Gasteiger partial charge in [-0.3, -0.25) is 4.90 Å². The topological polar surface area (TPSA) is 49.8 Å². The van der Waals surface area contributed by atoms with E-state index in [4.69, 9.17) is 9.84 Å². The first-order valence-corrected chi connectivity index (χ1v) is 6.13. The van der Waals surface area contributed by atoms with Crippen molar-refractivity contribution in [3.8, 4) is 0 Å². The van der Waals surface area contributed by atoms with Crippen molar-refractivity contribution in [2.45, 2.75) is 44.8 Å². The molecule has 4 heteroatoms. The molecule has 0 radical (unpaired) electrons. The molecule has 2 fully saturated rings. The lowest BCUT2D eigenvalue weighted by atomic mass is 9.82. The average Bonchev–Trinajstić information content (AvgIpc) is 2.70. The molecular weight excluding hydrogens is 206 g/mol. The largest absolute Gasteiger partial charge is 0.480 e. The number of hydrogen-bond donors (Lipinski definition) is 1. The van der Waals surface area contributed by atoms with E-state index in [0.717, 1.165) is 19.5 Å². The predicted octanol–water partition coefficient (Wildman–Crippen LogP) is 1.35. The van der Waals surface area contributed by atoms with E-state index in [1.807, 2.05) is 0 Å². The van der Waals surface area contributed by atoms with Crippen LogP contribution in [0, 0.1) is 5.92 Å². The summed E-state index contributed by atoms with van der Waals surface area (Å²) in [6.45, 7) is 6.42. The second-order valence-corrected chi connectivity index (χ2v) is 5.34. The fourth-order valence-electron chi connectivity index (χ4n) is 3.36. The van der Waals surface area contributed by atoms with Gasteiger partial charge < -0.3 is 9.84 Å². The Hall–Kier alpha value is -0.610. The second kappa shape index (κ2) is 4.34. The summed E-state index contributed by atoms with van der Waals surface area (Å²) in [5.41, 5.74) is 0.281. The van der Waals surface area contributed by atoms with Crippen LogP contribution in [0.5, 0.6) is 0 Å². The lowest BCUT2D eigenvalue weighted by Crippen LogP contribution is -2.42. The van der Waals surface area contributed by atoms with Crippen molar-refractivity contribution in [3.05, 3.63) is 0 Å². The van der Waals surface area contributed by atoms with E-state index < -0.39 is 5.97 Å². The normalized spacial score (nSPS) is 34.6. The number of carboxylic acids is 1. The number of ether oxygens (including phenoxy) is 1. The molecule has 2 heterocycles. The highest BCUT2D eigenvalue weighted by Gasteiger charge is 2.50. The van der Waals surface area contributed by atoms with Gasteiger partial charge in [0.25, 0.3) is 0 Å². The summed E-state index contributed by atoms with van der Waals surface area (Å²) in [5.74, 6) is -0.251. The summed E-state index contributed by atoms with van der Waals surface area (Å²) in [4.78, 5) is 13.0. The fourth-order valence-corrected chi connectivity index (χ4v) is 3.36. The maximum Gasteiger partial charge on any atom is 0.329 e. The van der Waals surface area contributed by atoms with Gasteiger partial charge in [-0.2, -0.15) is 0 Å². The molecule has 0 aliphatic carbocycles. The number of carbonyl (C=O) groups is 1. The maximum absolute atomic E-state index is 10.5. The third-order valence-corrected chi connectivity index (χ3v) is 4.19. The first-order valence-electron chi connectivity index (χ1n) is 6.13. The fraction of sp³-hybridized carbons (Fsp3) is 0.917. The molecule has 0 aromatic heterocycles. The van der Waals surface area contributed by atoms with Gasteiger partial charge in [-0.25, -0.2) is 4.79 Å². The Morgan fingerprint density at radius 3 is 2.94 bits per heavy atom. The highest BCUT2D eigenvalue weighted by molar-refractivity contribution is 5.68. The zero-order valence-electron chi connectivity index (χ0n) is 10.1. The van der Waals surface area contributed by atoms with Crippen molar-refractivity contribution < 1.29 is 14.6 Å². The van der Waals surface area contributed by atoms with E-state index in [0.29, 0.717) is 5.92 Å². The Balaban J connectivity index is 1.97. The SMILES string of the molecule is CC(C)C12CCCN1CC(OCC(=O)O)C2. The summed E-state index contributed by atoms with van der Waals surface area (Å²) in [7, 11) is 0. The summed E-state index contributed by atoms with van der Waals surface area (Å²) < 4.78 is 5.43. The molecular formula is C12H21NO3. The zero-order chi connectivity index (χ0) is 11.8. The summed E-state index contributed by atoms with van der Waals surface area (Å²) in [6.07, 6.45) is 3.61. The highest BCUT2D eigenvalue weighted by Crippen LogP contribution is 2.44. The van der Waals surface area contributed by atoms with Crippen molar-refractivity contribution >= 4 is 5.97 Å². The lowest BCUT2D eigenvalue weighted by Gasteiger charge is -2.35. The number of rotatable bonds is 4. The molecule has 0 saturated carbocycles. The molecule has 1 N–H and O–H groups in total. The number of hydrogen-bond acceptors (Lipinski definition) is 3. The Labute approximate surface area is 96.6 Å². The highest BCUT2D eigenvalue weighted by atomic mass is 16.5. The van der Waals surface area contributed by atoms with Crippen LogP contribution in [0.25, 0.3) is 0 Å². The van der Waals surface area contributed by atoms with Gasteiger partial charge in [0.1, 0.15) is 6.61 Å². The molecule has 2 unspecified atom stereocenters. The van der Waals surface area contributed by atoms with Crippen LogP contribution in [0.4, 0.5) is 0 Å². The molecule has 92 valence electrons. The minimum atomic E-state index is -0.870. The van der Waals surface area contributed by atoms with Crippen LogP contribution in [-0.4, -0.2) is 47.3 Å². The number of aliphatic carboxylic acids is 1. The molecule has 4 nitrogen and oxygen atoms in total. The quantitative estimate of drug-likeness (QED) is 0.787. The maximum atomic E-state index is 10.5. The second-order valence-electron chi connectivity index (χ2n) is 5.34. The predicted molar refractivity (Wildman–Crippen MR) is 60.4 cm³/mol. The lowest BCUT2D eigenvalue weighted by molar-refractivity contribution is -0.144. The summed E-state index contributed by atoms with van der Waals surface area (Å²) in [5, 5.41) is 8.61. The van der Waals surface area contributed by atoms with Gasteiger partial charge in [0.05, 0.1) is 6.10 Å². The first kappa shape index (κ1) is 11.9. The smallest absolute Gasteiger partial charge is 0.329 e. The Bertz CT molecular complexity index is 279. The van der Waals surface area contributed by atoms with Crippen LogP contribution in [0.2, 0.25) is 0 Å². The van der Waals surface area contributed by atoms with Gasteiger partial charge >= 0.3 is 5.97 Å². The van der Waals surface area contributed by atoms with E-state index in [9.17, 15) is 4.79 Å². The molecule has 2 aliphatic rings. The molecule has 2 aliphatic heterocycles. The zero-order valence-corrected chi connectivity index (χ0v) is 10.1. The van der Waals surface area contributed by atoms with Crippen molar-refractivity contribution in [1.29, 1.82) is 0 Å². The van der Waals surface area contributed by atoms with Crippen LogP contribution in [0.3, 0.4) is 0 Å². The molecule has 2 saturated heterocycles. The molecule has 0 spiro atoms. The number of fused-ring (bicyclic) bond motifs is 1. The van der Waals surface area contributed by atoms with Gasteiger partial charge in [-0.05, 0) is 31.7 Å². The average molecular weight is 227 g/mol. The van der Waals surface area contributed by atoms with Gasteiger partial charge in [0.2, 0.25) is 0 Å². The Morgan fingerprint density at radius 2 is 2.38 bits per heavy atom. The third kappa shape index (κ3) is 1.96. The molecule has 2 rings (SSSR count). The van der Waals surface area contributed by atoms with Crippen LogP contribution in [0.15, 0.2) is 0 Å². The van der Waals surface area contributed by atoms with Crippen molar-refractivity contribution in [2.75, 3.05) is 19.7 Å². The van der Waals surface area contributed by atoms with E-state index in [1.165, 1.54) is 12.8 Å². The monoisotopic (exact) mass is 227 g/mol. The van der Waals surface area contributed by atoms with E-state index in [1.54, 1.807) is 0 Å². The summed E-state index contributed by atoms with van der Waals surface area (Å²) in [6, 6.07) is 0. The number of carboxylic acid groups (broad SMARTS) is 1. The van der Waals surface area contributed by atoms with Gasteiger partial charge in [-0.1, -0.05) is 13.8 Å². The van der Waals surface area contributed by atoms with Crippen LogP contribution in [0.1, 0.15) is 33.1 Å². The Morgan fingerprint density at radius 1 is 1.62 bits per heavy atom. The standard InChI is InChI=1S/C12H21NO3/c1-9(2)12-4-3-5-13(12)7-10(6-12)16-8-11(14)15/h9-10H,3-8H2,1-2H3,(H,14,15). The third-order valence-electron chi connectivity index (χ3n) is 4.19. The van der Waals surface area contributed by atoms with Crippen LogP contribution >= 0.6 is 0 Å². The van der Waals surface area contributed by atoms with Crippen LogP contribution < -0.4 is 0 Å². The van der Waals surface area contributed by atoms with E-state index in [2.05, 4.69) is 18.7 Å². The molecule has 0 amide bonds. The minimum absolute atomic E-state index is 0.110. The molecule has 0 bridgehead atoms. The Kier molecular flexibility index (Phi) is 3.22. The molecule has 2 atom stereocenters. The summed E-state index contributed by atoms with van der Waals surface area (Å²) >= 11 is 0. The first-order chi connectivity index (χ1) is 7.54.